The smallest absolute Gasteiger partial charge is 0.300 e. The van der Waals surface area contributed by atoms with Gasteiger partial charge < -0.3 is 9.84 Å². The van der Waals surface area contributed by atoms with Crippen LogP contribution in [0.15, 0.2) is 66.5 Å². The number of aliphatic hydroxyl groups is 1. The number of aryl methyl sites for hydroxylation is 2. The molecule has 32 heavy (non-hydrogen) atoms. The molecule has 162 valence electrons. The first kappa shape index (κ1) is 21.2. The van der Waals surface area contributed by atoms with Crippen LogP contribution in [0.25, 0.3) is 5.76 Å². The van der Waals surface area contributed by atoms with Crippen LogP contribution in [0.2, 0.25) is 0 Å². The Hall–Kier alpha value is -4.00. The number of rotatable bonds is 4. The zero-order valence-electron chi connectivity index (χ0n) is 17.8. The van der Waals surface area contributed by atoms with E-state index in [9.17, 15) is 19.1 Å². The number of anilines is 1. The Labute approximate surface area is 184 Å². The third-order valence-corrected chi connectivity index (χ3v) is 5.49. The van der Waals surface area contributed by atoms with Crippen molar-refractivity contribution in [2.75, 3.05) is 12.0 Å². The predicted octanol–water partition coefficient (Wildman–Crippen LogP) is 4.47. The van der Waals surface area contributed by atoms with Crippen LogP contribution in [0.4, 0.5) is 10.1 Å². The second-order valence-electron chi connectivity index (χ2n) is 7.59. The summed E-state index contributed by atoms with van der Waals surface area (Å²) < 4.78 is 19.2. The molecule has 0 aliphatic carbocycles. The zero-order valence-corrected chi connectivity index (χ0v) is 17.8. The van der Waals surface area contributed by atoms with Gasteiger partial charge in [0.2, 0.25) is 0 Å². The fourth-order valence-corrected chi connectivity index (χ4v) is 3.92. The average molecular weight is 432 g/mol. The number of aliphatic hydroxyl groups excluding tert-OH is 1. The molecule has 0 saturated carbocycles. The van der Waals surface area contributed by atoms with Crippen LogP contribution in [0.1, 0.15) is 28.3 Å². The SMILES string of the molecule is COc1ccc(F)cc1/C(O)=C1\C(=O)C(=O)N(c2cc(C)ccc2C)C1c1cccnc1. The highest BCUT2D eigenvalue weighted by atomic mass is 19.1. The second kappa shape index (κ2) is 8.26. The summed E-state index contributed by atoms with van der Waals surface area (Å²) in [5.41, 5.74) is 2.60. The fraction of sp³-hybridized carbons (Fsp3) is 0.160. The molecule has 1 fully saturated rings. The molecule has 1 amide bonds. The maximum absolute atomic E-state index is 14.0. The van der Waals surface area contributed by atoms with E-state index in [1.54, 1.807) is 18.3 Å². The number of hydrogen-bond acceptors (Lipinski definition) is 5. The average Bonchev–Trinajstić information content (AvgIpc) is 3.06. The van der Waals surface area contributed by atoms with E-state index >= 15 is 0 Å². The van der Waals surface area contributed by atoms with Crippen molar-refractivity contribution in [3.05, 3.63) is 94.6 Å². The van der Waals surface area contributed by atoms with Gasteiger partial charge in [0.25, 0.3) is 11.7 Å². The maximum Gasteiger partial charge on any atom is 0.300 e. The van der Waals surface area contributed by atoms with Crippen LogP contribution in [-0.2, 0) is 9.59 Å². The number of benzene rings is 2. The summed E-state index contributed by atoms with van der Waals surface area (Å²) in [7, 11) is 1.37. The first-order valence-electron chi connectivity index (χ1n) is 9.95. The minimum Gasteiger partial charge on any atom is -0.507 e. The summed E-state index contributed by atoms with van der Waals surface area (Å²) in [6.07, 6.45) is 3.11. The van der Waals surface area contributed by atoms with Gasteiger partial charge >= 0.3 is 0 Å². The molecule has 1 saturated heterocycles. The molecule has 1 aliphatic heterocycles. The molecule has 1 atom stereocenters. The van der Waals surface area contributed by atoms with Gasteiger partial charge in [-0.05, 0) is 60.9 Å². The van der Waals surface area contributed by atoms with Crippen molar-refractivity contribution < 1.29 is 23.8 Å². The molecular weight excluding hydrogens is 411 g/mol. The van der Waals surface area contributed by atoms with Crippen molar-refractivity contribution in [3.63, 3.8) is 0 Å². The molecule has 0 spiro atoms. The first-order valence-corrected chi connectivity index (χ1v) is 9.95. The number of pyridine rings is 1. The monoisotopic (exact) mass is 432 g/mol. The molecule has 1 N–H and O–H groups in total. The van der Waals surface area contributed by atoms with Crippen LogP contribution in [0.3, 0.4) is 0 Å². The highest BCUT2D eigenvalue weighted by molar-refractivity contribution is 6.51. The number of ketones is 1. The van der Waals surface area contributed by atoms with Gasteiger partial charge in [0.15, 0.2) is 0 Å². The molecule has 7 heteroatoms. The number of nitrogens with zero attached hydrogens (tertiary/aromatic N) is 2. The molecule has 3 aromatic rings. The van der Waals surface area contributed by atoms with E-state index in [4.69, 9.17) is 4.74 Å². The van der Waals surface area contributed by atoms with Gasteiger partial charge in [0.05, 0.1) is 24.3 Å². The topological polar surface area (TPSA) is 79.7 Å². The lowest BCUT2D eigenvalue weighted by Gasteiger charge is -2.27. The molecule has 2 heterocycles. The molecule has 4 rings (SSSR count). The van der Waals surface area contributed by atoms with Gasteiger partial charge in [-0.2, -0.15) is 0 Å². The number of ether oxygens (including phenoxy) is 1. The van der Waals surface area contributed by atoms with E-state index in [0.717, 1.165) is 17.2 Å². The van der Waals surface area contributed by atoms with Crippen LogP contribution < -0.4 is 9.64 Å². The van der Waals surface area contributed by atoms with Gasteiger partial charge in [-0.1, -0.05) is 18.2 Å². The molecule has 1 aromatic heterocycles. The quantitative estimate of drug-likeness (QED) is 0.374. The number of Topliss-reactive ketones (excluding diaryl/α,β-unsaturated/α-hetero) is 1. The van der Waals surface area contributed by atoms with Gasteiger partial charge in [0, 0.05) is 18.1 Å². The number of carbonyl (C=O) groups is 2. The van der Waals surface area contributed by atoms with E-state index in [1.165, 1.54) is 30.3 Å². The minimum atomic E-state index is -0.947. The van der Waals surface area contributed by atoms with Crippen LogP contribution in [0.5, 0.6) is 5.75 Å². The van der Waals surface area contributed by atoms with E-state index in [1.807, 2.05) is 32.0 Å². The van der Waals surface area contributed by atoms with E-state index < -0.39 is 29.3 Å². The highest BCUT2D eigenvalue weighted by Gasteiger charge is 2.47. The Balaban J connectivity index is 2.01. The molecule has 6 nitrogen and oxygen atoms in total. The third kappa shape index (κ3) is 3.51. The molecular formula is C25H21FN2O4. The summed E-state index contributed by atoms with van der Waals surface area (Å²) in [5.74, 6) is -2.62. The largest absolute Gasteiger partial charge is 0.507 e. The lowest BCUT2D eigenvalue weighted by molar-refractivity contribution is -0.132. The summed E-state index contributed by atoms with van der Waals surface area (Å²) in [6, 6.07) is 11.6. The lowest BCUT2D eigenvalue weighted by atomic mass is 9.95. The summed E-state index contributed by atoms with van der Waals surface area (Å²) in [4.78, 5) is 31.9. The maximum atomic E-state index is 14.0. The lowest BCUT2D eigenvalue weighted by Crippen LogP contribution is -2.30. The Morgan fingerprint density at radius 1 is 1.12 bits per heavy atom. The van der Waals surface area contributed by atoms with E-state index in [0.29, 0.717) is 11.3 Å². The third-order valence-electron chi connectivity index (χ3n) is 5.49. The van der Waals surface area contributed by atoms with Crippen molar-refractivity contribution in [2.24, 2.45) is 0 Å². The van der Waals surface area contributed by atoms with Crippen LogP contribution in [0, 0.1) is 19.7 Å². The van der Waals surface area contributed by atoms with Crippen molar-refractivity contribution >= 4 is 23.1 Å². The molecule has 2 aromatic carbocycles. The Bertz CT molecular complexity index is 1250. The van der Waals surface area contributed by atoms with Crippen molar-refractivity contribution in [2.45, 2.75) is 19.9 Å². The first-order chi connectivity index (χ1) is 15.3. The number of halogens is 1. The summed E-state index contributed by atoms with van der Waals surface area (Å²) in [6.45, 7) is 3.72. The number of hydrogen-bond donors (Lipinski definition) is 1. The van der Waals surface area contributed by atoms with E-state index in [-0.39, 0.29) is 16.9 Å². The minimum absolute atomic E-state index is 0.0136. The Kier molecular flexibility index (Phi) is 5.48. The standard InChI is InChI=1S/C25H21FN2O4/c1-14-6-7-15(2)19(11-14)28-22(16-5-4-10-27-13-16)21(24(30)25(28)31)23(29)18-12-17(26)8-9-20(18)32-3/h4-13,22,29H,1-3H3/b23-21+. The van der Waals surface area contributed by atoms with Crippen molar-refractivity contribution in [3.8, 4) is 5.75 Å². The fourth-order valence-electron chi connectivity index (χ4n) is 3.92. The van der Waals surface area contributed by atoms with Crippen LogP contribution >= 0.6 is 0 Å². The Morgan fingerprint density at radius 2 is 1.91 bits per heavy atom. The second-order valence-corrected chi connectivity index (χ2v) is 7.59. The molecule has 0 bridgehead atoms. The summed E-state index contributed by atoms with van der Waals surface area (Å²) in [5, 5.41) is 11.2. The number of aromatic nitrogens is 1. The number of methoxy groups -OCH3 is 1. The van der Waals surface area contributed by atoms with Gasteiger partial charge in [-0.3, -0.25) is 19.5 Å². The van der Waals surface area contributed by atoms with Gasteiger partial charge in [-0.25, -0.2) is 4.39 Å². The zero-order chi connectivity index (χ0) is 23.0. The normalized spacial score (nSPS) is 17.6. The predicted molar refractivity (Wildman–Crippen MR) is 118 cm³/mol. The van der Waals surface area contributed by atoms with Crippen LogP contribution in [-0.4, -0.2) is 28.9 Å². The molecule has 0 radical (unpaired) electrons. The number of amides is 1. The highest BCUT2D eigenvalue weighted by Crippen LogP contribution is 2.44. The molecule has 1 unspecified atom stereocenters. The summed E-state index contributed by atoms with van der Waals surface area (Å²) >= 11 is 0. The molecule has 1 aliphatic rings. The van der Waals surface area contributed by atoms with Gasteiger partial charge in [-0.15, -0.1) is 0 Å². The van der Waals surface area contributed by atoms with Gasteiger partial charge in [0.1, 0.15) is 17.3 Å². The number of carbonyl (C=O) groups excluding carboxylic acids is 2. The van der Waals surface area contributed by atoms with E-state index in [2.05, 4.69) is 4.98 Å². The Morgan fingerprint density at radius 3 is 2.59 bits per heavy atom. The van der Waals surface area contributed by atoms with Crippen molar-refractivity contribution in [1.29, 1.82) is 0 Å². The van der Waals surface area contributed by atoms with Crippen molar-refractivity contribution in [1.82, 2.24) is 4.98 Å².